The third kappa shape index (κ3) is 9.13. The average Bonchev–Trinajstić information content (AvgIpc) is 3.96. The van der Waals surface area contributed by atoms with Crippen LogP contribution in [0.3, 0.4) is 0 Å². The van der Waals surface area contributed by atoms with E-state index in [1.165, 1.54) is 14.2 Å². The van der Waals surface area contributed by atoms with Crippen molar-refractivity contribution in [2.75, 3.05) is 27.3 Å². The number of carbonyl (C=O) groups is 5. The number of hydrogen-bond acceptors (Lipinski definition) is 9. The van der Waals surface area contributed by atoms with E-state index in [-0.39, 0.29) is 42.1 Å². The maximum absolute atomic E-state index is 13.5. The van der Waals surface area contributed by atoms with Gasteiger partial charge < -0.3 is 40.2 Å². The molecule has 0 saturated carbocycles. The molecule has 0 spiro atoms. The first kappa shape index (κ1) is 38.8. The van der Waals surface area contributed by atoms with Gasteiger partial charge in [-0.2, -0.15) is 0 Å². The van der Waals surface area contributed by atoms with Crippen LogP contribution in [-0.2, 0) is 30.4 Å². The number of imidazole rings is 1. The highest BCUT2D eigenvalue weighted by atomic mass is 16.5. The van der Waals surface area contributed by atoms with Crippen LogP contribution >= 0.6 is 0 Å². The molecule has 0 bridgehead atoms. The maximum Gasteiger partial charge on any atom is 0.407 e. The van der Waals surface area contributed by atoms with Gasteiger partial charge in [-0.15, -0.1) is 0 Å². The van der Waals surface area contributed by atoms with Crippen molar-refractivity contribution in [2.24, 2.45) is 11.8 Å². The Morgan fingerprint density at radius 1 is 0.755 bits per heavy atom. The molecule has 2 aliphatic rings. The van der Waals surface area contributed by atoms with Crippen molar-refractivity contribution in [3.63, 3.8) is 0 Å². The highest BCUT2D eigenvalue weighted by Gasteiger charge is 2.39. The lowest BCUT2D eigenvalue weighted by Gasteiger charge is -2.30. The normalized spacial score (nSPS) is 18.1. The summed E-state index contributed by atoms with van der Waals surface area (Å²) in [5.41, 5.74) is 4.30. The summed E-state index contributed by atoms with van der Waals surface area (Å²) in [4.78, 5) is 79.6. The minimum atomic E-state index is -0.793. The van der Waals surface area contributed by atoms with E-state index in [9.17, 15) is 24.0 Å². The molecule has 0 radical (unpaired) electrons. The molecule has 4 heterocycles. The SMILES string of the molecule is COC(=O)NC(C(=O)N1CCCC1C(=O)NCc1ccc(-c2ccc(-c3cnc(C4CCCN4C(=O)C(NC(=O)OC)C(C)C)[nH]3)cc2)cn1)C(C)C. The summed E-state index contributed by atoms with van der Waals surface area (Å²) < 4.78 is 9.42. The number of nitrogens with one attached hydrogen (secondary N) is 4. The molecular weight excluding hydrogens is 680 g/mol. The van der Waals surface area contributed by atoms with Gasteiger partial charge in [-0.1, -0.05) is 58.0 Å². The summed E-state index contributed by atoms with van der Waals surface area (Å²) in [6, 6.07) is 9.44. The fourth-order valence-electron chi connectivity index (χ4n) is 6.86. The smallest absolute Gasteiger partial charge is 0.407 e. The van der Waals surface area contributed by atoms with Gasteiger partial charge in [0.15, 0.2) is 0 Å². The second-order valence-corrected chi connectivity index (χ2v) is 14.1. The van der Waals surface area contributed by atoms with Crippen molar-refractivity contribution in [1.29, 1.82) is 0 Å². The fraction of sp³-hybridized carbons (Fsp3) is 0.500. The number of alkyl carbamates (subject to hydrolysis) is 2. The molecule has 4 atom stereocenters. The quantitative estimate of drug-likeness (QED) is 0.212. The lowest BCUT2D eigenvalue weighted by atomic mass is 10.0. The van der Waals surface area contributed by atoms with Crippen LogP contribution < -0.4 is 16.0 Å². The topological polar surface area (TPSA) is 188 Å². The zero-order valence-corrected chi connectivity index (χ0v) is 31.2. The Bertz CT molecular complexity index is 1760. The van der Waals surface area contributed by atoms with Gasteiger partial charge in [0.25, 0.3) is 0 Å². The van der Waals surface area contributed by atoms with Crippen LogP contribution in [0.15, 0.2) is 48.8 Å². The molecule has 0 aliphatic carbocycles. The first-order chi connectivity index (χ1) is 25.4. The molecule has 2 aliphatic heterocycles. The van der Waals surface area contributed by atoms with Crippen LogP contribution in [0.4, 0.5) is 9.59 Å². The predicted molar refractivity (Wildman–Crippen MR) is 196 cm³/mol. The van der Waals surface area contributed by atoms with Crippen LogP contribution in [0, 0.1) is 11.8 Å². The molecule has 15 nitrogen and oxygen atoms in total. The third-order valence-corrected chi connectivity index (χ3v) is 9.87. The molecule has 5 rings (SSSR count). The van der Waals surface area contributed by atoms with Crippen molar-refractivity contribution in [2.45, 2.75) is 84.1 Å². The van der Waals surface area contributed by atoms with E-state index in [2.05, 4.69) is 35.6 Å². The van der Waals surface area contributed by atoms with Gasteiger partial charge in [0.2, 0.25) is 17.7 Å². The summed E-state index contributed by atoms with van der Waals surface area (Å²) in [7, 11) is 2.52. The van der Waals surface area contributed by atoms with Crippen molar-refractivity contribution >= 4 is 29.9 Å². The number of ether oxygens (including phenoxy) is 2. The Kier molecular flexibility index (Phi) is 12.7. The van der Waals surface area contributed by atoms with Gasteiger partial charge >= 0.3 is 12.2 Å². The Hall–Kier alpha value is -5.47. The number of rotatable bonds is 12. The number of pyridine rings is 1. The van der Waals surface area contributed by atoms with Gasteiger partial charge in [-0.3, -0.25) is 19.4 Å². The predicted octanol–water partition coefficient (Wildman–Crippen LogP) is 4.17. The molecule has 4 N–H and O–H groups in total. The van der Waals surface area contributed by atoms with Crippen molar-refractivity contribution in [1.82, 2.24) is 40.7 Å². The first-order valence-electron chi connectivity index (χ1n) is 18.1. The number of amides is 5. The van der Waals surface area contributed by atoms with Crippen LogP contribution in [0.2, 0.25) is 0 Å². The summed E-state index contributed by atoms with van der Waals surface area (Å²) in [5.74, 6) is -0.320. The molecule has 1 aromatic carbocycles. The monoisotopic (exact) mass is 730 g/mol. The lowest BCUT2D eigenvalue weighted by Crippen LogP contribution is -2.55. The van der Waals surface area contributed by atoms with E-state index >= 15 is 0 Å². The van der Waals surface area contributed by atoms with E-state index in [4.69, 9.17) is 4.74 Å². The standard InChI is InChI=1S/C38H50N8O7/c1-22(2)31(43-37(50)52-5)35(48)45-17-7-9-29(45)33-40-21-28(42-33)25-13-11-24(12-14-25)26-15-16-27(39-19-26)20-41-34(47)30-10-8-18-46(30)36(49)32(23(3)4)44-38(51)53-6/h11-16,19,21-23,29-32H,7-10,17-18,20H2,1-6H3,(H,40,42)(H,41,47)(H,43,50)(H,44,51). The van der Waals surface area contributed by atoms with Crippen LogP contribution in [0.1, 0.15) is 70.9 Å². The Morgan fingerprint density at radius 3 is 1.91 bits per heavy atom. The second-order valence-electron chi connectivity index (χ2n) is 14.1. The molecule has 15 heteroatoms. The van der Waals surface area contributed by atoms with E-state index in [1.807, 2.05) is 64.1 Å². The van der Waals surface area contributed by atoms with E-state index in [0.717, 1.165) is 35.2 Å². The summed E-state index contributed by atoms with van der Waals surface area (Å²) >= 11 is 0. The lowest BCUT2D eigenvalue weighted by molar-refractivity contribution is -0.140. The highest BCUT2D eigenvalue weighted by molar-refractivity contribution is 5.92. The van der Waals surface area contributed by atoms with Crippen molar-refractivity contribution < 1.29 is 33.4 Å². The molecule has 3 aromatic rings. The minimum Gasteiger partial charge on any atom is -0.453 e. The molecule has 2 fully saturated rings. The number of aromatic nitrogens is 3. The summed E-state index contributed by atoms with van der Waals surface area (Å²) in [6.45, 7) is 8.66. The molecule has 2 saturated heterocycles. The van der Waals surface area contributed by atoms with E-state index in [0.29, 0.717) is 37.4 Å². The zero-order valence-electron chi connectivity index (χ0n) is 31.2. The first-order valence-corrected chi connectivity index (χ1v) is 18.1. The van der Waals surface area contributed by atoms with Crippen molar-refractivity contribution in [3.05, 3.63) is 60.3 Å². The number of hydrogen-bond donors (Lipinski definition) is 4. The van der Waals surface area contributed by atoms with Crippen LogP contribution in [-0.4, -0.2) is 100 Å². The molecule has 284 valence electrons. The number of nitrogens with zero attached hydrogens (tertiary/aromatic N) is 4. The van der Waals surface area contributed by atoms with Gasteiger partial charge in [0.05, 0.1) is 44.4 Å². The number of benzene rings is 1. The molecular formula is C38H50N8O7. The highest BCUT2D eigenvalue weighted by Crippen LogP contribution is 2.33. The Labute approximate surface area is 309 Å². The molecule has 53 heavy (non-hydrogen) atoms. The molecule has 5 amide bonds. The summed E-state index contributed by atoms with van der Waals surface area (Å²) in [6.07, 6.45) is 5.03. The van der Waals surface area contributed by atoms with Gasteiger partial charge in [0, 0.05) is 24.8 Å². The minimum absolute atomic E-state index is 0.115. The number of H-pyrrole nitrogens is 1. The summed E-state index contributed by atoms with van der Waals surface area (Å²) in [5, 5.41) is 8.19. The van der Waals surface area contributed by atoms with Crippen LogP contribution in [0.25, 0.3) is 22.4 Å². The number of methoxy groups -OCH3 is 2. The maximum atomic E-state index is 13.5. The van der Waals surface area contributed by atoms with E-state index < -0.39 is 30.3 Å². The number of likely N-dealkylation sites (tertiary alicyclic amines) is 2. The fourth-order valence-corrected chi connectivity index (χ4v) is 6.86. The number of aromatic amines is 1. The molecule has 4 unspecified atom stereocenters. The van der Waals surface area contributed by atoms with Crippen molar-refractivity contribution in [3.8, 4) is 22.4 Å². The largest absolute Gasteiger partial charge is 0.453 e. The molecule has 2 aromatic heterocycles. The van der Waals surface area contributed by atoms with Gasteiger partial charge in [0.1, 0.15) is 23.9 Å². The number of carbonyl (C=O) groups excluding carboxylic acids is 5. The van der Waals surface area contributed by atoms with Gasteiger partial charge in [-0.25, -0.2) is 14.6 Å². The van der Waals surface area contributed by atoms with Crippen LogP contribution in [0.5, 0.6) is 0 Å². The zero-order chi connectivity index (χ0) is 38.2. The Morgan fingerprint density at radius 2 is 1.32 bits per heavy atom. The third-order valence-electron chi connectivity index (χ3n) is 9.87. The van der Waals surface area contributed by atoms with Gasteiger partial charge in [-0.05, 0) is 54.7 Å². The Balaban J connectivity index is 1.17. The average molecular weight is 731 g/mol. The van der Waals surface area contributed by atoms with E-state index in [1.54, 1.807) is 22.2 Å². The second kappa shape index (κ2) is 17.4.